The fourth-order valence-electron chi connectivity index (χ4n) is 3.42. The van der Waals surface area contributed by atoms with Gasteiger partial charge < -0.3 is 4.90 Å². The van der Waals surface area contributed by atoms with Gasteiger partial charge >= 0.3 is 0 Å². The Labute approximate surface area is 159 Å². The molecule has 0 radical (unpaired) electrons. The standard InChI is InChI=1S/C19H18F2N4OS/c1-24-10-13(9-22-24)12-5-7-25(8-6-12)19(26)16-11-27-18(23-16)17-14(20)3-2-4-15(17)21/h2-4,9-12H,5-8H2,1H3. The minimum Gasteiger partial charge on any atom is -0.337 e. The van der Waals surface area contributed by atoms with Gasteiger partial charge in [-0.15, -0.1) is 11.3 Å². The topological polar surface area (TPSA) is 51.0 Å². The Hall–Kier alpha value is -2.61. The summed E-state index contributed by atoms with van der Waals surface area (Å²) >= 11 is 1.07. The van der Waals surface area contributed by atoms with Crippen molar-refractivity contribution >= 4 is 17.2 Å². The van der Waals surface area contributed by atoms with Crippen molar-refractivity contribution in [3.8, 4) is 10.6 Å². The van der Waals surface area contributed by atoms with Crippen LogP contribution in [0.1, 0.15) is 34.8 Å². The number of carbonyl (C=O) groups excluding carboxylic acids is 1. The molecule has 0 unspecified atom stereocenters. The minimum atomic E-state index is -0.680. The molecule has 140 valence electrons. The Kier molecular flexibility index (Phi) is 4.73. The molecule has 5 nitrogen and oxygen atoms in total. The van der Waals surface area contributed by atoms with E-state index in [-0.39, 0.29) is 22.2 Å². The molecule has 3 heterocycles. The molecule has 1 aromatic carbocycles. The summed E-state index contributed by atoms with van der Waals surface area (Å²) in [4.78, 5) is 18.7. The zero-order chi connectivity index (χ0) is 19.0. The van der Waals surface area contributed by atoms with E-state index < -0.39 is 11.6 Å². The van der Waals surface area contributed by atoms with Crippen LogP contribution in [-0.2, 0) is 7.05 Å². The van der Waals surface area contributed by atoms with Crippen LogP contribution in [-0.4, -0.2) is 38.7 Å². The second kappa shape index (κ2) is 7.19. The van der Waals surface area contributed by atoms with E-state index in [4.69, 9.17) is 0 Å². The fraction of sp³-hybridized carbons (Fsp3) is 0.316. The van der Waals surface area contributed by atoms with Gasteiger partial charge in [0.1, 0.15) is 22.3 Å². The highest BCUT2D eigenvalue weighted by Crippen LogP contribution is 2.31. The first-order valence-corrected chi connectivity index (χ1v) is 9.58. The summed E-state index contributed by atoms with van der Waals surface area (Å²) in [5, 5.41) is 5.95. The first-order chi connectivity index (χ1) is 13.0. The molecule has 8 heteroatoms. The second-order valence-electron chi connectivity index (χ2n) is 6.65. The van der Waals surface area contributed by atoms with Crippen LogP contribution in [0.2, 0.25) is 0 Å². The molecule has 0 bridgehead atoms. The number of benzene rings is 1. The molecule has 27 heavy (non-hydrogen) atoms. The van der Waals surface area contributed by atoms with E-state index >= 15 is 0 Å². The van der Waals surface area contributed by atoms with Crippen LogP contribution in [0.5, 0.6) is 0 Å². The Morgan fingerprint density at radius 1 is 1.22 bits per heavy atom. The highest BCUT2D eigenvalue weighted by molar-refractivity contribution is 7.13. The molecule has 0 aliphatic carbocycles. The van der Waals surface area contributed by atoms with E-state index in [1.165, 1.54) is 23.8 Å². The zero-order valence-electron chi connectivity index (χ0n) is 14.7. The van der Waals surface area contributed by atoms with Gasteiger partial charge in [-0.05, 0) is 36.5 Å². The predicted molar refractivity (Wildman–Crippen MR) is 98.6 cm³/mol. The number of halogens is 2. The molecule has 0 saturated carbocycles. The van der Waals surface area contributed by atoms with Crippen molar-refractivity contribution in [3.05, 3.63) is 58.9 Å². The van der Waals surface area contributed by atoms with Crippen molar-refractivity contribution < 1.29 is 13.6 Å². The number of likely N-dealkylation sites (tertiary alicyclic amines) is 1. The van der Waals surface area contributed by atoms with Crippen LogP contribution in [0.15, 0.2) is 36.0 Å². The van der Waals surface area contributed by atoms with E-state index in [0.29, 0.717) is 19.0 Å². The lowest BCUT2D eigenvalue weighted by molar-refractivity contribution is 0.0708. The second-order valence-corrected chi connectivity index (χ2v) is 7.51. The van der Waals surface area contributed by atoms with Crippen LogP contribution in [0, 0.1) is 11.6 Å². The number of carbonyl (C=O) groups is 1. The van der Waals surface area contributed by atoms with Gasteiger partial charge in [-0.1, -0.05) is 6.07 Å². The summed E-state index contributed by atoms with van der Waals surface area (Å²) in [6, 6.07) is 3.68. The molecule has 3 aromatic rings. The summed E-state index contributed by atoms with van der Waals surface area (Å²) in [6.07, 6.45) is 5.60. The molecular weight excluding hydrogens is 370 g/mol. The number of aryl methyl sites for hydroxylation is 1. The lowest BCUT2D eigenvalue weighted by Gasteiger charge is -2.31. The molecule has 4 rings (SSSR count). The smallest absolute Gasteiger partial charge is 0.273 e. The maximum atomic E-state index is 13.9. The first kappa shape index (κ1) is 17.8. The monoisotopic (exact) mass is 388 g/mol. The van der Waals surface area contributed by atoms with Crippen LogP contribution in [0.4, 0.5) is 8.78 Å². The molecule has 1 saturated heterocycles. The van der Waals surface area contributed by atoms with Gasteiger partial charge in [0.05, 0.1) is 11.8 Å². The maximum absolute atomic E-state index is 13.9. The maximum Gasteiger partial charge on any atom is 0.273 e. The Morgan fingerprint density at radius 2 is 1.93 bits per heavy atom. The minimum absolute atomic E-state index is 0.180. The average Bonchev–Trinajstić information content (AvgIpc) is 3.31. The molecule has 0 spiro atoms. The van der Waals surface area contributed by atoms with Gasteiger partial charge in [-0.25, -0.2) is 13.8 Å². The van der Waals surface area contributed by atoms with E-state index in [2.05, 4.69) is 10.1 Å². The fourth-order valence-corrected chi connectivity index (χ4v) is 4.26. The van der Waals surface area contributed by atoms with Crippen molar-refractivity contribution in [3.63, 3.8) is 0 Å². The zero-order valence-corrected chi connectivity index (χ0v) is 15.5. The van der Waals surface area contributed by atoms with E-state index in [1.54, 1.807) is 15.0 Å². The van der Waals surface area contributed by atoms with Gasteiger partial charge in [0, 0.05) is 31.7 Å². The summed E-state index contributed by atoms with van der Waals surface area (Å²) in [7, 11) is 1.89. The van der Waals surface area contributed by atoms with Crippen LogP contribution in [0.25, 0.3) is 10.6 Å². The third kappa shape index (κ3) is 3.49. The van der Waals surface area contributed by atoms with E-state index in [1.807, 2.05) is 19.4 Å². The quantitative estimate of drug-likeness (QED) is 0.685. The largest absolute Gasteiger partial charge is 0.337 e. The highest BCUT2D eigenvalue weighted by Gasteiger charge is 2.27. The number of amides is 1. The Bertz CT molecular complexity index is 956. The number of thiazole rings is 1. The van der Waals surface area contributed by atoms with Crippen LogP contribution in [0.3, 0.4) is 0 Å². The number of rotatable bonds is 3. The normalized spacial score (nSPS) is 15.3. The lowest BCUT2D eigenvalue weighted by atomic mass is 9.91. The number of aromatic nitrogens is 3. The van der Waals surface area contributed by atoms with Crippen molar-refractivity contribution in [1.29, 1.82) is 0 Å². The van der Waals surface area contributed by atoms with E-state index in [9.17, 15) is 13.6 Å². The summed E-state index contributed by atoms with van der Waals surface area (Å²) in [5.74, 6) is -1.17. The average molecular weight is 388 g/mol. The summed E-state index contributed by atoms with van der Waals surface area (Å²) in [6.45, 7) is 1.25. The number of hydrogen-bond donors (Lipinski definition) is 0. The molecule has 1 fully saturated rings. The highest BCUT2D eigenvalue weighted by atomic mass is 32.1. The molecule has 1 amide bonds. The van der Waals surface area contributed by atoms with Crippen molar-refractivity contribution in [1.82, 2.24) is 19.7 Å². The van der Waals surface area contributed by atoms with Crippen molar-refractivity contribution in [2.24, 2.45) is 7.05 Å². The van der Waals surface area contributed by atoms with Crippen molar-refractivity contribution in [2.45, 2.75) is 18.8 Å². The Balaban J connectivity index is 1.46. The third-order valence-electron chi connectivity index (χ3n) is 4.88. The Morgan fingerprint density at radius 3 is 2.56 bits per heavy atom. The van der Waals surface area contributed by atoms with Crippen LogP contribution >= 0.6 is 11.3 Å². The lowest BCUT2D eigenvalue weighted by Crippen LogP contribution is -2.38. The van der Waals surface area contributed by atoms with Gasteiger partial charge in [0.25, 0.3) is 5.91 Å². The number of nitrogens with zero attached hydrogens (tertiary/aromatic N) is 4. The molecule has 2 aromatic heterocycles. The summed E-state index contributed by atoms with van der Waals surface area (Å²) < 4.78 is 29.6. The van der Waals surface area contributed by atoms with Gasteiger partial charge in [0.15, 0.2) is 0 Å². The number of piperidine rings is 1. The van der Waals surface area contributed by atoms with Crippen molar-refractivity contribution in [2.75, 3.05) is 13.1 Å². The summed E-state index contributed by atoms with van der Waals surface area (Å²) in [5.41, 5.74) is 1.24. The van der Waals surface area contributed by atoms with Crippen LogP contribution < -0.4 is 0 Å². The molecule has 1 aliphatic rings. The number of hydrogen-bond acceptors (Lipinski definition) is 4. The molecule has 0 atom stereocenters. The van der Waals surface area contributed by atoms with E-state index in [0.717, 1.165) is 24.2 Å². The SMILES string of the molecule is Cn1cc(C2CCN(C(=O)c3csc(-c4c(F)cccc4F)n3)CC2)cn1. The van der Waals surface area contributed by atoms with Gasteiger partial charge in [-0.3, -0.25) is 9.48 Å². The molecular formula is C19H18F2N4OS. The molecule has 1 aliphatic heterocycles. The third-order valence-corrected chi connectivity index (χ3v) is 5.74. The first-order valence-electron chi connectivity index (χ1n) is 8.70. The predicted octanol–water partition coefficient (Wildman–Crippen LogP) is 3.84. The van der Waals surface area contributed by atoms with Gasteiger partial charge in [-0.2, -0.15) is 5.10 Å². The van der Waals surface area contributed by atoms with Gasteiger partial charge in [0.2, 0.25) is 0 Å². The molecule has 0 N–H and O–H groups in total.